The second-order valence-electron chi connectivity index (χ2n) is 5.12. The minimum atomic E-state index is -4.22. The molecular formula is C15H15N3O4S. The molecule has 0 atom stereocenters. The summed E-state index contributed by atoms with van der Waals surface area (Å²) in [6.07, 6.45) is 3.69. The number of H-pyrrole nitrogens is 1. The van der Waals surface area contributed by atoms with Crippen molar-refractivity contribution in [2.24, 2.45) is 5.14 Å². The van der Waals surface area contributed by atoms with Crippen LogP contribution in [-0.2, 0) is 21.4 Å². The summed E-state index contributed by atoms with van der Waals surface area (Å²) in [7, 11) is -4.22. The largest absolute Gasteiger partial charge is 0.396 e. The quantitative estimate of drug-likeness (QED) is 0.712. The van der Waals surface area contributed by atoms with Crippen LogP contribution in [-0.4, -0.2) is 31.0 Å². The lowest BCUT2D eigenvalue weighted by Gasteiger charge is -2.13. The monoisotopic (exact) mass is 333 g/mol. The zero-order chi connectivity index (χ0) is 16.6. The number of anilines is 1. The predicted octanol–water partition coefficient (Wildman–Crippen LogP) is 0.640. The number of amides is 1. The maximum atomic E-state index is 12.5. The minimum absolute atomic E-state index is 0.0404. The SMILES string of the molecule is NS(=O)(=O)N1C(=O)C(=Cc2ccc[nH]2)c2cc(CCO)ccc21. The molecule has 0 radical (unpaired) electrons. The van der Waals surface area contributed by atoms with Crippen LogP contribution in [0.1, 0.15) is 16.8 Å². The number of aromatic amines is 1. The molecule has 1 amide bonds. The highest BCUT2D eigenvalue weighted by atomic mass is 32.2. The number of benzene rings is 1. The number of aliphatic hydroxyl groups is 1. The normalized spacial score (nSPS) is 16.2. The summed E-state index contributed by atoms with van der Waals surface area (Å²) in [5.41, 5.74) is 2.40. The highest BCUT2D eigenvalue weighted by molar-refractivity contribution is 7.91. The fraction of sp³-hybridized carbons (Fsp3) is 0.133. The highest BCUT2D eigenvalue weighted by Gasteiger charge is 2.38. The molecule has 23 heavy (non-hydrogen) atoms. The molecule has 4 N–H and O–H groups in total. The standard InChI is InChI=1S/C15H15N3O4S/c16-23(21,22)18-14-4-3-10(5-7-19)8-12(14)13(15(18)20)9-11-2-1-6-17-11/h1-4,6,8-9,17,19H,5,7H2,(H2,16,21,22). The van der Waals surface area contributed by atoms with Crippen molar-refractivity contribution in [1.82, 2.24) is 4.98 Å². The van der Waals surface area contributed by atoms with Crippen LogP contribution in [0, 0.1) is 0 Å². The summed E-state index contributed by atoms with van der Waals surface area (Å²) >= 11 is 0. The first-order valence-electron chi connectivity index (χ1n) is 6.88. The Balaban J connectivity index is 2.20. The summed E-state index contributed by atoms with van der Waals surface area (Å²) in [6.45, 7) is -0.0404. The average molecular weight is 333 g/mol. The minimum Gasteiger partial charge on any atom is -0.396 e. The number of carbonyl (C=O) groups excluding carboxylic acids is 1. The molecule has 1 aromatic carbocycles. The number of carbonyl (C=O) groups is 1. The van der Waals surface area contributed by atoms with Gasteiger partial charge in [0.2, 0.25) is 0 Å². The van der Waals surface area contributed by atoms with Crippen LogP contribution in [0.4, 0.5) is 5.69 Å². The third kappa shape index (κ3) is 2.79. The maximum absolute atomic E-state index is 12.5. The number of rotatable bonds is 4. The summed E-state index contributed by atoms with van der Waals surface area (Å²) in [5, 5.41) is 14.2. The van der Waals surface area contributed by atoms with Gasteiger partial charge in [0.15, 0.2) is 0 Å². The molecule has 0 saturated carbocycles. The zero-order valence-electron chi connectivity index (χ0n) is 12.1. The molecule has 0 unspecified atom stereocenters. The molecule has 1 aromatic heterocycles. The molecule has 0 fully saturated rings. The Hall–Kier alpha value is -2.42. The summed E-state index contributed by atoms with van der Waals surface area (Å²) in [6, 6.07) is 8.42. The Morgan fingerprint density at radius 3 is 2.70 bits per heavy atom. The summed E-state index contributed by atoms with van der Waals surface area (Å²) < 4.78 is 24.1. The van der Waals surface area contributed by atoms with Gasteiger partial charge in [0.1, 0.15) is 0 Å². The van der Waals surface area contributed by atoms with Gasteiger partial charge in [0.25, 0.3) is 5.91 Å². The molecule has 0 saturated heterocycles. The van der Waals surface area contributed by atoms with Crippen molar-refractivity contribution >= 4 is 33.5 Å². The molecule has 0 bridgehead atoms. The second kappa shape index (κ2) is 5.65. The first kappa shape index (κ1) is 15.5. The van der Waals surface area contributed by atoms with Gasteiger partial charge in [0, 0.05) is 24.1 Å². The lowest BCUT2D eigenvalue weighted by atomic mass is 10.0. The van der Waals surface area contributed by atoms with Crippen LogP contribution in [0.2, 0.25) is 0 Å². The molecule has 2 heterocycles. The van der Waals surface area contributed by atoms with Crippen molar-refractivity contribution < 1.29 is 18.3 Å². The first-order chi connectivity index (χ1) is 10.9. The maximum Gasteiger partial charge on any atom is 0.305 e. The van der Waals surface area contributed by atoms with E-state index in [9.17, 15) is 13.2 Å². The van der Waals surface area contributed by atoms with Crippen LogP contribution >= 0.6 is 0 Å². The van der Waals surface area contributed by atoms with Gasteiger partial charge >= 0.3 is 10.2 Å². The molecule has 8 heteroatoms. The van der Waals surface area contributed by atoms with Crippen molar-refractivity contribution in [2.75, 3.05) is 10.9 Å². The Morgan fingerprint density at radius 1 is 1.30 bits per heavy atom. The number of fused-ring (bicyclic) bond motifs is 1. The van der Waals surface area contributed by atoms with Gasteiger partial charge in [-0.25, -0.2) is 5.14 Å². The number of hydrogen-bond acceptors (Lipinski definition) is 4. The van der Waals surface area contributed by atoms with Gasteiger partial charge in [-0.3, -0.25) is 4.79 Å². The third-order valence-corrected chi connectivity index (χ3v) is 4.43. The Bertz CT molecular complexity index is 885. The van der Waals surface area contributed by atoms with Crippen LogP contribution in [0.3, 0.4) is 0 Å². The molecule has 1 aliphatic heterocycles. The van der Waals surface area contributed by atoms with Gasteiger partial charge in [0.05, 0.1) is 11.3 Å². The highest BCUT2D eigenvalue weighted by Crippen LogP contribution is 2.39. The molecule has 1 aliphatic rings. The van der Waals surface area contributed by atoms with E-state index in [4.69, 9.17) is 10.2 Å². The van der Waals surface area contributed by atoms with Gasteiger partial charge in [-0.2, -0.15) is 12.7 Å². The number of aliphatic hydroxyl groups excluding tert-OH is 1. The van der Waals surface area contributed by atoms with Gasteiger partial charge in [-0.1, -0.05) is 6.07 Å². The predicted molar refractivity (Wildman–Crippen MR) is 86.5 cm³/mol. The van der Waals surface area contributed by atoms with E-state index >= 15 is 0 Å². The molecule has 7 nitrogen and oxygen atoms in total. The van der Waals surface area contributed by atoms with Crippen molar-refractivity contribution in [1.29, 1.82) is 0 Å². The van der Waals surface area contributed by atoms with Crippen LogP contribution in [0.5, 0.6) is 0 Å². The molecular weight excluding hydrogens is 318 g/mol. The lowest BCUT2D eigenvalue weighted by molar-refractivity contribution is -0.111. The van der Waals surface area contributed by atoms with E-state index in [0.717, 1.165) is 5.56 Å². The first-order valence-corrected chi connectivity index (χ1v) is 8.39. The van der Waals surface area contributed by atoms with Crippen LogP contribution < -0.4 is 9.44 Å². The third-order valence-electron chi connectivity index (χ3n) is 3.56. The van der Waals surface area contributed by atoms with E-state index in [1.54, 1.807) is 36.5 Å². The number of aromatic nitrogens is 1. The van der Waals surface area contributed by atoms with E-state index in [-0.39, 0.29) is 17.9 Å². The van der Waals surface area contributed by atoms with Gasteiger partial charge in [-0.15, -0.1) is 0 Å². The second-order valence-corrected chi connectivity index (χ2v) is 6.52. The Kier molecular flexibility index (Phi) is 3.80. The number of nitrogens with zero attached hydrogens (tertiary/aromatic N) is 1. The molecule has 120 valence electrons. The number of nitrogens with one attached hydrogen (secondary N) is 1. The summed E-state index contributed by atoms with van der Waals surface area (Å²) in [4.78, 5) is 15.5. The number of nitrogens with two attached hydrogens (primary N) is 1. The van der Waals surface area contributed by atoms with E-state index in [0.29, 0.717) is 22.0 Å². The number of hydrogen-bond donors (Lipinski definition) is 3. The molecule has 2 aromatic rings. The molecule has 3 rings (SSSR count). The van der Waals surface area contributed by atoms with Crippen molar-refractivity contribution in [3.8, 4) is 0 Å². The lowest BCUT2D eigenvalue weighted by Crippen LogP contribution is -2.38. The Labute approximate surface area is 133 Å². The van der Waals surface area contributed by atoms with E-state index < -0.39 is 16.1 Å². The smallest absolute Gasteiger partial charge is 0.305 e. The van der Waals surface area contributed by atoms with E-state index in [1.807, 2.05) is 0 Å². The van der Waals surface area contributed by atoms with Crippen molar-refractivity contribution in [3.05, 3.63) is 53.3 Å². The van der Waals surface area contributed by atoms with Gasteiger partial charge < -0.3 is 10.1 Å². The molecule has 0 spiro atoms. The van der Waals surface area contributed by atoms with Crippen LogP contribution in [0.15, 0.2) is 36.5 Å². The van der Waals surface area contributed by atoms with Gasteiger partial charge in [-0.05, 0) is 42.3 Å². The summed E-state index contributed by atoms with van der Waals surface area (Å²) in [5.74, 6) is -0.696. The topological polar surface area (TPSA) is 116 Å². The van der Waals surface area contributed by atoms with E-state index in [1.165, 1.54) is 6.07 Å². The van der Waals surface area contributed by atoms with E-state index in [2.05, 4.69) is 4.98 Å². The fourth-order valence-corrected chi connectivity index (χ4v) is 3.34. The molecule has 0 aliphatic carbocycles. The fourth-order valence-electron chi connectivity index (χ4n) is 2.58. The van der Waals surface area contributed by atoms with Crippen molar-refractivity contribution in [2.45, 2.75) is 6.42 Å². The Morgan fingerprint density at radius 2 is 2.09 bits per heavy atom. The van der Waals surface area contributed by atoms with Crippen LogP contribution in [0.25, 0.3) is 11.6 Å². The van der Waals surface area contributed by atoms with Crippen molar-refractivity contribution in [3.63, 3.8) is 0 Å². The average Bonchev–Trinajstić information content (AvgIpc) is 3.06. The zero-order valence-corrected chi connectivity index (χ0v) is 12.9.